The molecule has 64 valence electrons. The Balaban J connectivity index is 2.84. The van der Waals surface area contributed by atoms with E-state index in [4.69, 9.17) is 17.2 Å². The molecule has 0 aliphatic heterocycles. The maximum Gasteiger partial charge on any atom is 0.180 e. The Morgan fingerprint density at radius 1 is 1.58 bits per heavy atom. The molecule has 0 fully saturated rings. The summed E-state index contributed by atoms with van der Waals surface area (Å²) < 4.78 is 0. The Morgan fingerprint density at radius 2 is 2.33 bits per heavy atom. The van der Waals surface area contributed by atoms with Crippen LogP contribution in [0.1, 0.15) is 5.69 Å². The minimum absolute atomic E-state index is 0.512. The van der Waals surface area contributed by atoms with Crippen molar-refractivity contribution in [1.29, 1.82) is 0 Å². The summed E-state index contributed by atoms with van der Waals surface area (Å²) in [7, 11) is 0. The van der Waals surface area contributed by atoms with E-state index < -0.39 is 0 Å². The standard InChI is InChI=1S/C7H10N4S/c8-3-1-2-5(9)6-4-12-7(10)11-6/h1-4H,8-9H2,(H2,10,11)/b3-1-,5-2-. The van der Waals surface area contributed by atoms with Gasteiger partial charge in [0.25, 0.3) is 0 Å². The zero-order valence-corrected chi connectivity index (χ0v) is 7.21. The third-order valence-corrected chi connectivity index (χ3v) is 1.88. The van der Waals surface area contributed by atoms with Crippen LogP contribution in [0, 0.1) is 0 Å². The van der Waals surface area contributed by atoms with Gasteiger partial charge in [-0.3, -0.25) is 0 Å². The second kappa shape index (κ2) is 3.77. The zero-order chi connectivity index (χ0) is 8.97. The SMILES string of the molecule is N/C=C\C=C(/N)c1csc(N)n1. The molecule has 0 aromatic carbocycles. The third kappa shape index (κ3) is 2.00. The van der Waals surface area contributed by atoms with Gasteiger partial charge in [-0.25, -0.2) is 4.98 Å². The molecule has 1 aromatic heterocycles. The molecular formula is C7H10N4S. The first-order valence-corrected chi connectivity index (χ1v) is 4.17. The summed E-state index contributed by atoms with van der Waals surface area (Å²) in [5.41, 5.74) is 17.5. The van der Waals surface area contributed by atoms with Gasteiger partial charge >= 0.3 is 0 Å². The smallest absolute Gasteiger partial charge is 0.180 e. The lowest BCUT2D eigenvalue weighted by atomic mass is 10.3. The van der Waals surface area contributed by atoms with Crippen LogP contribution in [-0.2, 0) is 0 Å². The van der Waals surface area contributed by atoms with Crippen LogP contribution in [0.4, 0.5) is 5.13 Å². The van der Waals surface area contributed by atoms with Crippen molar-refractivity contribution in [2.75, 3.05) is 5.73 Å². The molecule has 0 atom stereocenters. The third-order valence-electron chi connectivity index (χ3n) is 1.20. The summed E-state index contributed by atoms with van der Waals surface area (Å²) in [5.74, 6) is 0. The summed E-state index contributed by atoms with van der Waals surface area (Å²) in [5, 5.41) is 2.31. The number of nitrogens with zero attached hydrogens (tertiary/aromatic N) is 1. The maximum atomic E-state index is 5.64. The number of hydrogen-bond acceptors (Lipinski definition) is 5. The van der Waals surface area contributed by atoms with Gasteiger partial charge in [-0.15, -0.1) is 11.3 Å². The fourth-order valence-corrected chi connectivity index (χ4v) is 1.24. The van der Waals surface area contributed by atoms with Gasteiger partial charge in [0.15, 0.2) is 5.13 Å². The number of nitrogen functional groups attached to an aromatic ring is 1. The summed E-state index contributed by atoms with van der Waals surface area (Å²) in [6.07, 6.45) is 4.72. The van der Waals surface area contributed by atoms with Crippen LogP contribution in [0.3, 0.4) is 0 Å². The number of nitrogens with two attached hydrogens (primary N) is 3. The van der Waals surface area contributed by atoms with E-state index in [1.165, 1.54) is 17.5 Å². The summed E-state index contributed by atoms with van der Waals surface area (Å²) >= 11 is 1.36. The predicted molar refractivity (Wildman–Crippen MR) is 52.0 cm³/mol. The molecule has 1 heterocycles. The van der Waals surface area contributed by atoms with Crippen molar-refractivity contribution < 1.29 is 0 Å². The predicted octanol–water partition coefficient (Wildman–Crippen LogP) is 0.497. The van der Waals surface area contributed by atoms with E-state index in [0.717, 1.165) is 0 Å². The minimum atomic E-state index is 0.512. The van der Waals surface area contributed by atoms with E-state index in [9.17, 15) is 0 Å². The second-order valence-electron chi connectivity index (χ2n) is 2.08. The van der Waals surface area contributed by atoms with Crippen molar-refractivity contribution in [2.45, 2.75) is 0 Å². The average Bonchev–Trinajstić information content (AvgIpc) is 2.47. The molecule has 0 spiro atoms. The van der Waals surface area contributed by atoms with Crippen molar-refractivity contribution in [3.63, 3.8) is 0 Å². The van der Waals surface area contributed by atoms with Crippen LogP contribution in [-0.4, -0.2) is 4.98 Å². The molecule has 0 saturated carbocycles. The van der Waals surface area contributed by atoms with Crippen LogP contribution >= 0.6 is 11.3 Å². The largest absolute Gasteiger partial charge is 0.405 e. The van der Waals surface area contributed by atoms with E-state index >= 15 is 0 Å². The normalized spacial score (nSPS) is 12.5. The van der Waals surface area contributed by atoms with Crippen molar-refractivity contribution in [2.24, 2.45) is 11.5 Å². The van der Waals surface area contributed by atoms with Gasteiger partial charge in [0.2, 0.25) is 0 Å². The van der Waals surface area contributed by atoms with Crippen LogP contribution in [0.25, 0.3) is 5.70 Å². The lowest BCUT2D eigenvalue weighted by molar-refractivity contribution is 1.33. The highest BCUT2D eigenvalue weighted by Gasteiger charge is 1.99. The molecule has 0 aliphatic carbocycles. The summed E-state index contributed by atoms with van der Waals surface area (Å²) in [6, 6.07) is 0. The van der Waals surface area contributed by atoms with Crippen LogP contribution < -0.4 is 17.2 Å². The lowest BCUT2D eigenvalue weighted by Crippen LogP contribution is -1.96. The molecule has 6 N–H and O–H groups in total. The van der Waals surface area contributed by atoms with Crippen LogP contribution in [0.2, 0.25) is 0 Å². The van der Waals surface area contributed by atoms with E-state index in [1.807, 2.05) is 0 Å². The van der Waals surface area contributed by atoms with Crippen molar-refractivity contribution >= 4 is 22.2 Å². The maximum absolute atomic E-state index is 5.64. The quantitative estimate of drug-likeness (QED) is 0.581. The molecule has 12 heavy (non-hydrogen) atoms. The second-order valence-corrected chi connectivity index (χ2v) is 2.97. The first-order chi connectivity index (χ1) is 5.74. The molecule has 4 nitrogen and oxygen atoms in total. The average molecular weight is 182 g/mol. The summed E-state index contributed by atoms with van der Waals surface area (Å²) in [4.78, 5) is 3.99. The first kappa shape index (κ1) is 8.61. The van der Waals surface area contributed by atoms with Crippen molar-refractivity contribution in [1.82, 2.24) is 4.98 Å². The molecule has 0 radical (unpaired) electrons. The van der Waals surface area contributed by atoms with Gasteiger partial charge < -0.3 is 17.2 Å². The van der Waals surface area contributed by atoms with Crippen molar-refractivity contribution in [3.05, 3.63) is 29.4 Å². The molecule has 5 heteroatoms. The van der Waals surface area contributed by atoms with Crippen LogP contribution in [0.5, 0.6) is 0 Å². The van der Waals surface area contributed by atoms with Crippen molar-refractivity contribution in [3.8, 4) is 0 Å². The van der Waals surface area contributed by atoms with E-state index in [2.05, 4.69) is 4.98 Å². The van der Waals surface area contributed by atoms with Gasteiger partial charge in [0.05, 0.1) is 11.4 Å². The molecule has 1 aromatic rings. The molecule has 0 unspecified atom stereocenters. The number of thiazole rings is 1. The number of rotatable bonds is 2. The van der Waals surface area contributed by atoms with Crippen LogP contribution in [0.15, 0.2) is 23.7 Å². The minimum Gasteiger partial charge on any atom is -0.405 e. The Bertz CT molecular complexity index is 313. The van der Waals surface area contributed by atoms with Gasteiger partial charge in [-0.1, -0.05) is 0 Å². The molecule has 0 saturated heterocycles. The van der Waals surface area contributed by atoms with E-state index in [0.29, 0.717) is 16.5 Å². The van der Waals surface area contributed by atoms with Gasteiger partial charge in [-0.05, 0) is 18.4 Å². The van der Waals surface area contributed by atoms with Gasteiger partial charge in [0, 0.05) is 5.38 Å². The van der Waals surface area contributed by atoms with Gasteiger partial charge in [0.1, 0.15) is 0 Å². The Kier molecular flexibility index (Phi) is 2.71. The highest BCUT2D eigenvalue weighted by atomic mass is 32.1. The summed E-state index contributed by atoms with van der Waals surface area (Å²) in [6.45, 7) is 0. The number of aromatic nitrogens is 1. The monoisotopic (exact) mass is 182 g/mol. The number of anilines is 1. The Hall–Kier alpha value is -1.49. The molecule has 0 bridgehead atoms. The van der Waals surface area contributed by atoms with Gasteiger partial charge in [-0.2, -0.15) is 0 Å². The zero-order valence-electron chi connectivity index (χ0n) is 6.40. The molecule has 1 rings (SSSR count). The number of hydrogen-bond donors (Lipinski definition) is 3. The molecular weight excluding hydrogens is 172 g/mol. The molecule has 0 amide bonds. The highest BCUT2D eigenvalue weighted by Crippen LogP contribution is 2.15. The van der Waals surface area contributed by atoms with E-state index in [1.54, 1.807) is 17.5 Å². The Morgan fingerprint density at radius 3 is 2.83 bits per heavy atom. The number of allylic oxidation sites excluding steroid dienone is 2. The fraction of sp³-hybridized carbons (Fsp3) is 0. The Labute approximate surface area is 74.4 Å². The van der Waals surface area contributed by atoms with E-state index in [-0.39, 0.29) is 0 Å². The highest BCUT2D eigenvalue weighted by molar-refractivity contribution is 7.13. The fourth-order valence-electron chi connectivity index (χ4n) is 0.665. The first-order valence-electron chi connectivity index (χ1n) is 3.29. The lowest BCUT2D eigenvalue weighted by Gasteiger charge is -1.91. The topological polar surface area (TPSA) is 91.0 Å². The molecule has 0 aliphatic rings.